The molecule has 0 fully saturated rings. The first-order valence-corrected chi connectivity index (χ1v) is 9.40. The van der Waals surface area contributed by atoms with Gasteiger partial charge in [0.25, 0.3) is 5.91 Å². The highest BCUT2D eigenvalue weighted by Crippen LogP contribution is 2.20. The van der Waals surface area contributed by atoms with Crippen LogP contribution in [0, 0.1) is 0 Å². The molecule has 1 amide bonds. The third-order valence-electron chi connectivity index (χ3n) is 4.60. The average Bonchev–Trinajstić information content (AvgIpc) is 2.75. The van der Waals surface area contributed by atoms with E-state index >= 15 is 0 Å². The Labute approximate surface area is 164 Å². The van der Waals surface area contributed by atoms with E-state index in [0.29, 0.717) is 11.5 Å². The molecule has 7 heteroatoms. The number of aromatic nitrogens is 2. The third-order valence-corrected chi connectivity index (χ3v) is 4.60. The monoisotopic (exact) mass is 380 g/mol. The number of nitrogens with zero attached hydrogens (tertiary/aromatic N) is 2. The number of benzene rings is 1. The van der Waals surface area contributed by atoms with E-state index in [-0.39, 0.29) is 11.3 Å². The zero-order chi connectivity index (χ0) is 19.8. The van der Waals surface area contributed by atoms with Gasteiger partial charge in [0.15, 0.2) is 0 Å². The van der Waals surface area contributed by atoms with Crippen LogP contribution in [0.25, 0.3) is 0 Å². The molecule has 1 aliphatic rings. The largest absolute Gasteiger partial charge is 0.465 e. The highest BCUT2D eigenvalue weighted by Gasteiger charge is 2.15. The lowest BCUT2D eigenvalue weighted by Crippen LogP contribution is -2.17. The lowest BCUT2D eigenvalue weighted by molar-refractivity contribution is 0.0602. The van der Waals surface area contributed by atoms with E-state index in [1.165, 1.54) is 50.8 Å². The summed E-state index contributed by atoms with van der Waals surface area (Å²) in [6.45, 7) is 0.790. The van der Waals surface area contributed by atoms with Crippen LogP contribution in [0.1, 0.15) is 53.0 Å². The number of nitrogens with one attached hydrogen (secondary N) is 2. The number of para-hydroxylation sites is 1. The van der Waals surface area contributed by atoms with Gasteiger partial charge in [0.2, 0.25) is 0 Å². The molecule has 28 heavy (non-hydrogen) atoms. The number of allylic oxidation sites excluding steroid dienone is 1. The van der Waals surface area contributed by atoms with Gasteiger partial charge in [-0.1, -0.05) is 23.8 Å². The number of ether oxygens (including phenoxy) is 1. The Morgan fingerprint density at radius 2 is 2.00 bits per heavy atom. The van der Waals surface area contributed by atoms with Crippen LogP contribution in [0.5, 0.6) is 0 Å². The Morgan fingerprint density at radius 3 is 2.71 bits per heavy atom. The molecule has 1 aliphatic carbocycles. The molecule has 1 aromatic carbocycles. The minimum absolute atomic E-state index is 0.167. The van der Waals surface area contributed by atoms with Crippen molar-refractivity contribution in [3.05, 3.63) is 59.6 Å². The number of methoxy groups -OCH3 is 1. The Hall–Kier alpha value is -3.22. The number of carbonyl (C=O) groups excluding carboxylic acids is 2. The van der Waals surface area contributed by atoms with Gasteiger partial charge in [-0.05, 0) is 44.2 Å². The number of carbonyl (C=O) groups is 2. The normalized spacial score (nSPS) is 13.4. The predicted octanol–water partition coefficient (Wildman–Crippen LogP) is 3.82. The minimum atomic E-state index is -0.519. The fourth-order valence-electron chi connectivity index (χ4n) is 3.09. The summed E-state index contributed by atoms with van der Waals surface area (Å²) in [5.74, 6) is -0.333. The zero-order valence-corrected chi connectivity index (χ0v) is 15.9. The Kier molecular flexibility index (Phi) is 6.73. The molecule has 146 valence electrons. The van der Waals surface area contributed by atoms with Crippen LogP contribution in [0.15, 0.2) is 48.3 Å². The van der Waals surface area contributed by atoms with E-state index in [9.17, 15) is 9.59 Å². The van der Waals surface area contributed by atoms with Gasteiger partial charge in [0, 0.05) is 6.54 Å². The van der Waals surface area contributed by atoms with Gasteiger partial charge in [0.1, 0.15) is 11.5 Å². The van der Waals surface area contributed by atoms with Crippen LogP contribution in [-0.4, -0.2) is 35.5 Å². The van der Waals surface area contributed by atoms with Crippen molar-refractivity contribution < 1.29 is 14.3 Å². The number of esters is 1. The van der Waals surface area contributed by atoms with Crippen molar-refractivity contribution in [2.24, 2.45) is 0 Å². The molecule has 0 aliphatic heterocycles. The maximum atomic E-state index is 12.4. The molecular weight excluding hydrogens is 356 g/mol. The van der Waals surface area contributed by atoms with Crippen LogP contribution in [0.3, 0.4) is 0 Å². The Morgan fingerprint density at radius 1 is 1.14 bits per heavy atom. The number of amides is 1. The van der Waals surface area contributed by atoms with Crippen molar-refractivity contribution >= 4 is 23.4 Å². The van der Waals surface area contributed by atoms with Gasteiger partial charge >= 0.3 is 5.97 Å². The molecule has 0 unspecified atom stereocenters. The summed E-state index contributed by atoms with van der Waals surface area (Å²) < 4.78 is 4.73. The fourth-order valence-corrected chi connectivity index (χ4v) is 3.09. The summed E-state index contributed by atoms with van der Waals surface area (Å²) >= 11 is 0. The lowest BCUT2D eigenvalue weighted by atomic mass is 9.97. The molecule has 0 radical (unpaired) electrons. The first kappa shape index (κ1) is 19.5. The van der Waals surface area contributed by atoms with Gasteiger partial charge < -0.3 is 15.4 Å². The van der Waals surface area contributed by atoms with Crippen molar-refractivity contribution in [1.82, 2.24) is 9.97 Å². The Bertz CT molecular complexity index is 862. The third kappa shape index (κ3) is 5.16. The molecule has 0 atom stereocenters. The van der Waals surface area contributed by atoms with Crippen molar-refractivity contribution in [2.45, 2.75) is 32.1 Å². The van der Waals surface area contributed by atoms with Gasteiger partial charge in [-0.3, -0.25) is 4.79 Å². The van der Waals surface area contributed by atoms with Crippen LogP contribution in [0.4, 0.5) is 11.5 Å². The number of anilines is 2. The van der Waals surface area contributed by atoms with Crippen molar-refractivity contribution in [3.63, 3.8) is 0 Å². The number of hydrogen-bond donors (Lipinski definition) is 2. The van der Waals surface area contributed by atoms with Crippen LogP contribution in [0.2, 0.25) is 0 Å². The minimum Gasteiger partial charge on any atom is -0.465 e. The van der Waals surface area contributed by atoms with Gasteiger partial charge in [-0.2, -0.15) is 0 Å². The summed E-state index contributed by atoms with van der Waals surface area (Å²) in [5, 5.41) is 5.91. The molecule has 3 rings (SSSR count). The van der Waals surface area contributed by atoms with Crippen molar-refractivity contribution in [1.29, 1.82) is 0 Å². The van der Waals surface area contributed by atoms with Crippen LogP contribution >= 0.6 is 0 Å². The quantitative estimate of drug-likeness (QED) is 0.560. The Balaban J connectivity index is 1.57. The SMILES string of the molecule is COC(=O)c1ccccc1NC(=O)c1cnc(NCCC2=CCCCC2)cn1. The molecule has 2 aromatic rings. The first-order chi connectivity index (χ1) is 13.7. The molecule has 2 N–H and O–H groups in total. The van der Waals surface area contributed by atoms with E-state index in [2.05, 4.69) is 26.7 Å². The van der Waals surface area contributed by atoms with Gasteiger partial charge in [-0.25, -0.2) is 14.8 Å². The van der Waals surface area contributed by atoms with E-state index in [0.717, 1.165) is 13.0 Å². The number of rotatable bonds is 7. The molecule has 1 aromatic heterocycles. The predicted molar refractivity (Wildman–Crippen MR) is 107 cm³/mol. The van der Waals surface area contributed by atoms with E-state index in [4.69, 9.17) is 4.74 Å². The van der Waals surface area contributed by atoms with E-state index in [1.807, 2.05) is 0 Å². The lowest BCUT2D eigenvalue weighted by Gasteiger charge is -2.13. The standard InChI is InChI=1S/C21H24N4O3/c1-28-21(27)16-9-5-6-10-17(16)25-20(26)18-13-24-19(14-23-18)22-12-11-15-7-3-2-4-8-15/h5-7,9-10,13-14H,2-4,8,11-12H2,1H3,(H,22,24)(H,25,26). The summed E-state index contributed by atoms with van der Waals surface area (Å²) in [5.41, 5.74) is 2.30. The summed E-state index contributed by atoms with van der Waals surface area (Å²) in [7, 11) is 1.29. The molecule has 1 heterocycles. The maximum absolute atomic E-state index is 12.4. The molecule has 0 bridgehead atoms. The van der Waals surface area contributed by atoms with Crippen LogP contribution in [-0.2, 0) is 4.74 Å². The average molecular weight is 380 g/mol. The number of hydrogen-bond acceptors (Lipinski definition) is 6. The van der Waals surface area contributed by atoms with Crippen molar-refractivity contribution in [2.75, 3.05) is 24.3 Å². The molecule has 0 saturated carbocycles. The molecular formula is C21H24N4O3. The van der Waals surface area contributed by atoms with Gasteiger partial charge in [-0.15, -0.1) is 0 Å². The summed E-state index contributed by atoms with van der Waals surface area (Å²) in [4.78, 5) is 32.6. The van der Waals surface area contributed by atoms with Crippen LogP contribution < -0.4 is 10.6 Å². The topological polar surface area (TPSA) is 93.2 Å². The fraction of sp³-hybridized carbons (Fsp3) is 0.333. The molecule has 7 nitrogen and oxygen atoms in total. The van der Waals surface area contributed by atoms with Crippen molar-refractivity contribution in [3.8, 4) is 0 Å². The maximum Gasteiger partial charge on any atom is 0.339 e. The van der Waals surface area contributed by atoms with E-state index < -0.39 is 11.9 Å². The van der Waals surface area contributed by atoms with Gasteiger partial charge in [0.05, 0.1) is 30.8 Å². The summed E-state index contributed by atoms with van der Waals surface area (Å²) in [6.07, 6.45) is 11.2. The second kappa shape index (κ2) is 9.64. The first-order valence-electron chi connectivity index (χ1n) is 9.40. The highest BCUT2D eigenvalue weighted by molar-refractivity contribution is 6.06. The molecule has 0 saturated heterocycles. The highest BCUT2D eigenvalue weighted by atomic mass is 16.5. The smallest absolute Gasteiger partial charge is 0.339 e. The molecule has 0 spiro atoms. The second-order valence-corrected chi connectivity index (χ2v) is 6.56. The zero-order valence-electron chi connectivity index (χ0n) is 15.9. The van der Waals surface area contributed by atoms with E-state index in [1.54, 1.807) is 24.3 Å². The second-order valence-electron chi connectivity index (χ2n) is 6.56. The summed E-state index contributed by atoms with van der Waals surface area (Å²) in [6, 6.07) is 6.64.